The van der Waals surface area contributed by atoms with Crippen molar-refractivity contribution in [2.75, 3.05) is 70.7 Å². The minimum atomic E-state index is -3.17. The smallest absolute Gasteiger partial charge is 0.211 e. The maximum Gasteiger partial charge on any atom is 0.211 e. The van der Waals surface area contributed by atoms with Gasteiger partial charge in [0.2, 0.25) is 10.0 Å². The number of sulfonamides is 1. The fourth-order valence-corrected chi connectivity index (χ4v) is 6.73. The Morgan fingerprint density at radius 1 is 1.21 bits per heavy atom. The van der Waals surface area contributed by atoms with Gasteiger partial charge in [-0.1, -0.05) is 12.1 Å². The molecule has 3 fully saturated rings. The molecule has 0 aliphatic carbocycles. The van der Waals surface area contributed by atoms with Gasteiger partial charge in [0, 0.05) is 62.8 Å². The zero-order valence-corrected chi connectivity index (χ0v) is 23.3. The molecule has 0 amide bonds. The highest BCUT2D eigenvalue weighted by Crippen LogP contribution is 2.37. The van der Waals surface area contributed by atoms with Gasteiger partial charge in [-0.05, 0) is 56.7 Å². The number of rotatable bonds is 10. The van der Waals surface area contributed by atoms with Crippen molar-refractivity contribution >= 4 is 15.8 Å². The molecule has 0 spiro atoms. The second-order valence-corrected chi connectivity index (χ2v) is 12.9. The summed E-state index contributed by atoms with van der Waals surface area (Å²) in [6, 6.07) is 7.70. The van der Waals surface area contributed by atoms with E-state index in [9.17, 15) is 13.5 Å². The number of nitrogens with one attached hydrogen (secondary N) is 1. The van der Waals surface area contributed by atoms with Crippen LogP contribution in [0.1, 0.15) is 17.7 Å². The third-order valence-corrected chi connectivity index (χ3v) is 9.16. The van der Waals surface area contributed by atoms with Crippen LogP contribution in [-0.2, 0) is 21.2 Å². The quantitative estimate of drug-likeness (QED) is 0.456. The van der Waals surface area contributed by atoms with E-state index in [-0.39, 0.29) is 6.61 Å². The van der Waals surface area contributed by atoms with E-state index in [2.05, 4.69) is 17.1 Å². The summed E-state index contributed by atoms with van der Waals surface area (Å²) in [7, 11) is -1.38. The Bertz CT molecular complexity index is 1220. The first kappa shape index (κ1) is 27.3. The maximum atomic E-state index is 12.1. The van der Waals surface area contributed by atoms with Gasteiger partial charge in [0.25, 0.3) is 0 Å². The highest BCUT2D eigenvalue weighted by Gasteiger charge is 2.43. The summed E-state index contributed by atoms with van der Waals surface area (Å²) in [5, 5.41) is 13.0. The number of aliphatic hydroxyl groups is 1. The van der Waals surface area contributed by atoms with E-state index in [1.807, 2.05) is 24.3 Å². The molecule has 0 saturated carbocycles. The van der Waals surface area contributed by atoms with Crippen molar-refractivity contribution in [3.05, 3.63) is 35.5 Å². The number of aliphatic hydroxyl groups excluding tert-OH is 1. The van der Waals surface area contributed by atoms with Gasteiger partial charge < -0.3 is 24.8 Å². The van der Waals surface area contributed by atoms with Crippen molar-refractivity contribution in [1.29, 1.82) is 0 Å². The zero-order valence-electron chi connectivity index (χ0n) is 22.5. The second kappa shape index (κ2) is 11.4. The van der Waals surface area contributed by atoms with Crippen LogP contribution in [0, 0.1) is 24.7 Å². The first-order valence-electron chi connectivity index (χ1n) is 13.4. The molecule has 3 aliphatic rings. The SMILES string of the molecule is CNCC(O)COc1cccc(-c2nc(C[C@@H]3CCOC3)c(C)c(N3CC4CN(S(C)(=O)=O)CC4C3)n2)c1. The van der Waals surface area contributed by atoms with Crippen molar-refractivity contribution in [1.82, 2.24) is 19.6 Å². The van der Waals surface area contributed by atoms with E-state index in [4.69, 9.17) is 19.4 Å². The predicted octanol–water partition coefficient (Wildman–Crippen LogP) is 1.32. The number of hydrogen-bond donors (Lipinski definition) is 2. The standard InChI is InChI=1S/C27H39N5O5S/c1-18-25(9-19-7-8-36-16-19)29-26(20-5-4-6-24(10-20)37-17-23(33)11-28-2)30-27(18)31-12-21-14-32(38(3,34)35)15-22(21)13-31/h4-6,10,19,21-23,28,33H,7-9,11-17H2,1-3H3/t19-,21?,22?,23?/m0/s1. The number of aromatic nitrogens is 2. The molecule has 4 atom stereocenters. The largest absolute Gasteiger partial charge is 0.491 e. The summed E-state index contributed by atoms with van der Waals surface area (Å²) < 4.78 is 37.2. The lowest BCUT2D eigenvalue weighted by Gasteiger charge is -2.25. The van der Waals surface area contributed by atoms with Crippen LogP contribution < -0.4 is 15.0 Å². The van der Waals surface area contributed by atoms with E-state index in [0.717, 1.165) is 61.8 Å². The lowest BCUT2D eigenvalue weighted by molar-refractivity contribution is 0.108. The minimum Gasteiger partial charge on any atom is -0.491 e. The van der Waals surface area contributed by atoms with Gasteiger partial charge in [0.1, 0.15) is 24.3 Å². The Morgan fingerprint density at radius 3 is 2.63 bits per heavy atom. The number of fused-ring (bicyclic) bond motifs is 1. The Kier molecular flexibility index (Phi) is 8.20. The second-order valence-electron chi connectivity index (χ2n) is 10.9. The molecule has 2 aromatic rings. The first-order chi connectivity index (χ1) is 18.2. The average Bonchev–Trinajstić information content (AvgIpc) is 3.61. The normalized spacial score (nSPS) is 24.6. The number of ether oxygens (including phenoxy) is 2. The van der Waals surface area contributed by atoms with Gasteiger partial charge in [-0.15, -0.1) is 0 Å². The molecule has 1 aromatic carbocycles. The van der Waals surface area contributed by atoms with Crippen LogP contribution in [0.3, 0.4) is 0 Å². The first-order valence-corrected chi connectivity index (χ1v) is 15.3. The van der Waals surface area contributed by atoms with Gasteiger partial charge in [0.15, 0.2) is 5.82 Å². The fourth-order valence-electron chi connectivity index (χ4n) is 5.81. The molecule has 11 heteroatoms. The highest BCUT2D eigenvalue weighted by atomic mass is 32.2. The van der Waals surface area contributed by atoms with Crippen LogP contribution in [0.25, 0.3) is 11.4 Å². The maximum absolute atomic E-state index is 12.1. The van der Waals surface area contributed by atoms with Crippen molar-refractivity contribution < 1.29 is 23.0 Å². The zero-order chi connectivity index (χ0) is 26.9. The summed E-state index contributed by atoms with van der Waals surface area (Å²) in [6.45, 7) is 7.00. The van der Waals surface area contributed by atoms with E-state index in [1.54, 1.807) is 11.4 Å². The summed E-state index contributed by atoms with van der Waals surface area (Å²) in [5.74, 6) is 3.28. The van der Waals surface area contributed by atoms with Crippen LogP contribution in [0.2, 0.25) is 0 Å². The molecule has 3 unspecified atom stereocenters. The van der Waals surface area contributed by atoms with Crippen LogP contribution in [0.5, 0.6) is 5.75 Å². The topological polar surface area (TPSA) is 117 Å². The molecule has 3 aliphatic heterocycles. The third kappa shape index (κ3) is 6.12. The van der Waals surface area contributed by atoms with E-state index in [0.29, 0.717) is 49.0 Å². The number of likely N-dealkylation sites (N-methyl/N-ethyl adjacent to an activating group) is 1. The van der Waals surface area contributed by atoms with Gasteiger partial charge >= 0.3 is 0 Å². The molecular weight excluding hydrogens is 506 g/mol. The molecule has 10 nitrogen and oxygen atoms in total. The van der Waals surface area contributed by atoms with Crippen LogP contribution in [0.15, 0.2) is 24.3 Å². The van der Waals surface area contributed by atoms with Gasteiger partial charge in [-0.2, -0.15) is 0 Å². The van der Waals surface area contributed by atoms with Gasteiger partial charge in [0.05, 0.1) is 6.26 Å². The monoisotopic (exact) mass is 545 g/mol. The van der Waals surface area contributed by atoms with E-state index in [1.165, 1.54) is 6.26 Å². The number of hydrogen-bond acceptors (Lipinski definition) is 9. The Balaban J connectivity index is 1.42. The van der Waals surface area contributed by atoms with Crippen LogP contribution in [-0.4, -0.2) is 99.7 Å². The summed E-state index contributed by atoms with van der Waals surface area (Å²) in [6.07, 6.45) is 2.56. The van der Waals surface area contributed by atoms with Gasteiger partial charge in [-0.3, -0.25) is 0 Å². The molecule has 38 heavy (non-hydrogen) atoms. The lowest BCUT2D eigenvalue weighted by atomic mass is 9.99. The summed E-state index contributed by atoms with van der Waals surface area (Å²) in [5.41, 5.74) is 2.98. The average molecular weight is 546 g/mol. The number of anilines is 1. The molecule has 4 heterocycles. The molecule has 5 rings (SSSR count). The Morgan fingerprint density at radius 2 is 1.97 bits per heavy atom. The number of nitrogens with zero attached hydrogens (tertiary/aromatic N) is 4. The van der Waals surface area contributed by atoms with E-state index < -0.39 is 16.1 Å². The van der Waals surface area contributed by atoms with Crippen molar-refractivity contribution in [2.24, 2.45) is 17.8 Å². The molecule has 3 saturated heterocycles. The minimum absolute atomic E-state index is 0.193. The van der Waals surface area contributed by atoms with E-state index >= 15 is 0 Å². The molecule has 0 radical (unpaired) electrons. The molecule has 208 valence electrons. The Labute approximate surface area is 225 Å². The van der Waals surface area contributed by atoms with Crippen molar-refractivity contribution in [3.63, 3.8) is 0 Å². The van der Waals surface area contributed by atoms with Crippen molar-refractivity contribution in [3.8, 4) is 17.1 Å². The van der Waals surface area contributed by atoms with Gasteiger partial charge in [-0.25, -0.2) is 22.7 Å². The molecule has 2 N–H and O–H groups in total. The summed E-state index contributed by atoms with van der Waals surface area (Å²) >= 11 is 0. The molecule has 0 bridgehead atoms. The molecule has 1 aromatic heterocycles. The third-order valence-electron chi connectivity index (χ3n) is 7.92. The fraction of sp³-hybridized carbons (Fsp3) is 0.630. The van der Waals surface area contributed by atoms with Crippen LogP contribution in [0.4, 0.5) is 5.82 Å². The predicted molar refractivity (Wildman–Crippen MR) is 146 cm³/mol. The Hall–Kier alpha value is -2.31. The van der Waals surface area contributed by atoms with Crippen LogP contribution >= 0.6 is 0 Å². The highest BCUT2D eigenvalue weighted by molar-refractivity contribution is 7.88. The lowest BCUT2D eigenvalue weighted by Crippen LogP contribution is -2.33. The molecular formula is C27H39N5O5S. The summed E-state index contributed by atoms with van der Waals surface area (Å²) in [4.78, 5) is 12.4. The number of benzene rings is 1. The van der Waals surface area contributed by atoms with Crippen molar-refractivity contribution in [2.45, 2.75) is 25.9 Å².